The Morgan fingerprint density at radius 3 is 3.10 bits per heavy atom. The van der Waals surface area contributed by atoms with Gasteiger partial charge in [-0.25, -0.2) is 9.66 Å². The molecule has 0 fully saturated rings. The summed E-state index contributed by atoms with van der Waals surface area (Å²) in [6, 6.07) is 7.88. The molecular formula is C13H13N5OS2. The standard InChI is InChI=1S/C13H13N5OS2/c1-19-11-4-2-3-9(5-11)12-16-10(6-20-12)7-21-13-17-15-8-18(13)14/h2-6,8H,7,14H2,1H3. The third-order valence-electron chi connectivity index (χ3n) is 2.76. The molecule has 0 saturated heterocycles. The summed E-state index contributed by atoms with van der Waals surface area (Å²) in [6.07, 6.45) is 1.48. The van der Waals surface area contributed by atoms with Crippen molar-refractivity contribution in [3.05, 3.63) is 41.7 Å². The summed E-state index contributed by atoms with van der Waals surface area (Å²) < 4.78 is 6.64. The van der Waals surface area contributed by atoms with E-state index in [4.69, 9.17) is 10.6 Å². The molecular weight excluding hydrogens is 306 g/mol. The zero-order valence-electron chi connectivity index (χ0n) is 11.3. The lowest BCUT2D eigenvalue weighted by Gasteiger charge is -2.01. The SMILES string of the molecule is COc1cccc(-c2nc(CSc3nncn3N)cs2)c1. The van der Waals surface area contributed by atoms with Crippen LogP contribution in [0.2, 0.25) is 0 Å². The van der Waals surface area contributed by atoms with Crippen LogP contribution in [0.4, 0.5) is 0 Å². The van der Waals surface area contributed by atoms with Crippen molar-refractivity contribution in [3.8, 4) is 16.3 Å². The Hall–Kier alpha value is -2.06. The second-order valence-electron chi connectivity index (χ2n) is 4.19. The Balaban J connectivity index is 1.72. The topological polar surface area (TPSA) is 78.9 Å². The molecule has 0 aliphatic carbocycles. The number of nitrogens with zero attached hydrogens (tertiary/aromatic N) is 4. The highest BCUT2D eigenvalue weighted by Crippen LogP contribution is 2.28. The molecule has 21 heavy (non-hydrogen) atoms. The van der Waals surface area contributed by atoms with Crippen LogP contribution in [0.5, 0.6) is 5.75 Å². The van der Waals surface area contributed by atoms with Crippen LogP contribution in [0.1, 0.15) is 5.69 Å². The lowest BCUT2D eigenvalue weighted by atomic mass is 10.2. The molecule has 3 aromatic rings. The number of hydrogen-bond acceptors (Lipinski definition) is 7. The maximum Gasteiger partial charge on any atom is 0.209 e. The fourth-order valence-electron chi connectivity index (χ4n) is 1.74. The van der Waals surface area contributed by atoms with Crippen LogP contribution in [0.25, 0.3) is 10.6 Å². The predicted molar refractivity (Wildman–Crippen MR) is 83.8 cm³/mol. The average molecular weight is 319 g/mol. The number of rotatable bonds is 5. The molecule has 2 N–H and O–H groups in total. The van der Waals surface area contributed by atoms with Crippen LogP contribution in [0.3, 0.4) is 0 Å². The first-order valence-electron chi connectivity index (χ1n) is 6.13. The first kappa shape index (κ1) is 13.9. The van der Waals surface area contributed by atoms with Crippen molar-refractivity contribution in [2.45, 2.75) is 10.9 Å². The van der Waals surface area contributed by atoms with Gasteiger partial charge in [-0.1, -0.05) is 23.9 Å². The highest BCUT2D eigenvalue weighted by molar-refractivity contribution is 7.98. The molecule has 0 bridgehead atoms. The fraction of sp³-hybridized carbons (Fsp3) is 0.154. The fourth-order valence-corrected chi connectivity index (χ4v) is 3.38. The molecule has 0 amide bonds. The van der Waals surface area contributed by atoms with E-state index in [2.05, 4.69) is 15.2 Å². The number of thioether (sulfide) groups is 1. The summed E-state index contributed by atoms with van der Waals surface area (Å²) in [5, 5.41) is 11.4. The van der Waals surface area contributed by atoms with E-state index in [0.29, 0.717) is 10.9 Å². The first-order chi connectivity index (χ1) is 10.3. The summed E-state index contributed by atoms with van der Waals surface area (Å²) in [6.45, 7) is 0. The zero-order chi connectivity index (χ0) is 14.7. The maximum atomic E-state index is 5.67. The molecule has 1 aromatic carbocycles. The van der Waals surface area contributed by atoms with Gasteiger partial charge >= 0.3 is 0 Å². The van der Waals surface area contributed by atoms with Gasteiger partial charge in [0.15, 0.2) is 0 Å². The van der Waals surface area contributed by atoms with E-state index < -0.39 is 0 Å². The van der Waals surface area contributed by atoms with E-state index in [0.717, 1.165) is 22.0 Å². The normalized spacial score (nSPS) is 10.7. The van der Waals surface area contributed by atoms with Gasteiger partial charge in [-0.15, -0.1) is 21.5 Å². The molecule has 0 radical (unpaired) electrons. The summed E-state index contributed by atoms with van der Waals surface area (Å²) in [4.78, 5) is 4.63. The van der Waals surface area contributed by atoms with Crippen LogP contribution < -0.4 is 10.6 Å². The maximum absolute atomic E-state index is 5.67. The molecule has 8 heteroatoms. The Labute approximate surface area is 130 Å². The average Bonchev–Trinajstić information content (AvgIpc) is 3.14. The van der Waals surface area contributed by atoms with Crippen LogP contribution in [-0.2, 0) is 5.75 Å². The van der Waals surface area contributed by atoms with Gasteiger partial charge in [0.1, 0.15) is 17.1 Å². The Morgan fingerprint density at radius 2 is 2.33 bits per heavy atom. The van der Waals surface area contributed by atoms with Gasteiger partial charge in [0, 0.05) is 16.7 Å². The molecule has 0 aliphatic heterocycles. The first-order valence-corrected chi connectivity index (χ1v) is 7.99. The van der Waals surface area contributed by atoms with E-state index in [-0.39, 0.29) is 0 Å². The van der Waals surface area contributed by atoms with Crippen LogP contribution in [0, 0.1) is 0 Å². The van der Waals surface area contributed by atoms with Gasteiger partial charge in [-0.05, 0) is 12.1 Å². The number of methoxy groups -OCH3 is 1. The molecule has 2 heterocycles. The minimum absolute atomic E-state index is 0.672. The van der Waals surface area contributed by atoms with Crippen molar-refractivity contribution in [3.63, 3.8) is 0 Å². The van der Waals surface area contributed by atoms with E-state index in [1.807, 2.05) is 29.6 Å². The minimum atomic E-state index is 0.672. The van der Waals surface area contributed by atoms with Gasteiger partial charge in [0.05, 0.1) is 12.8 Å². The quantitative estimate of drug-likeness (QED) is 0.575. The van der Waals surface area contributed by atoms with Crippen LogP contribution in [0.15, 0.2) is 41.1 Å². The van der Waals surface area contributed by atoms with E-state index in [1.54, 1.807) is 18.4 Å². The monoisotopic (exact) mass is 319 g/mol. The molecule has 0 aliphatic rings. The smallest absolute Gasteiger partial charge is 0.209 e. The van der Waals surface area contributed by atoms with Gasteiger partial charge in [-0.3, -0.25) is 0 Å². The summed E-state index contributed by atoms with van der Waals surface area (Å²) in [5.41, 5.74) is 2.04. The Morgan fingerprint density at radius 1 is 1.43 bits per heavy atom. The molecule has 0 spiro atoms. The minimum Gasteiger partial charge on any atom is -0.497 e. The van der Waals surface area contributed by atoms with Crippen LogP contribution in [-0.4, -0.2) is 27.0 Å². The molecule has 2 aromatic heterocycles. The van der Waals surface area contributed by atoms with Crippen molar-refractivity contribution in [2.75, 3.05) is 13.0 Å². The van der Waals surface area contributed by atoms with Gasteiger partial charge in [-0.2, -0.15) is 0 Å². The van der Waals surface area contributed by atoms with Gasteiger partial charge < -0.3 is 10.6 Å². The van der Waals surface area contributed by atoms with Gasteiger partial charge in [0.2, 0.25) is 5.16 Å². The Kier molecular flexibility index (Phi) is 4.07. The molecule has 0 atom stereocenters. The second kappa shape index (κ2) is 6.15. The number of aromatic nitrogens is 4. The second-order valence-corrected chi connectivity index (χ2v) is 5.99. The lowest BCUT2D eigenvalue weighted by Crippen LogP contribution is -2.07. The number of nitrogens with two attached hydrogens (primary N) is 1. The van der Waals surface area contributed by atoms with Crippen molar-refractivity contribution in [1.82, 2.24) is 19.9 Å². The third kappa shape index (κ3) is 3.17. The highest BCUT2D eigenvalue weighted by atomic mass is 32.2. The van der Waals surface area contributed by atoms with Crippen molar-refractivity contribution >= 4 is 23.1 Å². The molecule has 3 rings (SSSR count). The number of ether oxygens (including phenoxy) is 1. The number of nitrogen functional groups attached to an aromatic ring is 1. The summed E-state index contributed by atoms with van der Waals surface area (Å²) >= 11 is 3.12. The van der Waals surface area contributed by atoms with E-state index in [9.17, 15) is 0 Å². The number of benzene rings is 1. The zero-order valence-corrected chi connectivity index (χ0v) is 12.9. The largest absolute Gasteiger partial charge is 0.497 e. The molecule has 108 valence electrons. The molecule has 6 nitrogen and oxygen atoms in total. The van der Waals surface area contributed by atoms with Crippen LogP contribution >= 0.6 is 23.1 Å². The lowest BCUT2D eigenvalue weighted by molar-refractivity contribution is 0.415. The summed E-state index contributed by atoms with van der Waals surface area (Å²) in [5.74, 6) is 7.21. The molecule has 0 saturated carbocycles. The van der Waals surface area contributed by atoms with Crippen molar-refractivity contribution < 1.29 is 4.74 Å². The predicted octanol–water partition coefficient (Wildman–Crippen LogP) is 2.42. The molecule has 0 unspecified atom stereocenters. The Bertz CT molecular complexity index is 740. The van der Waals surface area contributed by atoms with E-state index >= 15 is 0 Å². The van der Waals surface area contributed by atoms with Crippen molar-refractivity contribution in [1.29, 1.82) is 0 Å². The number of thiazole rings is 1. The summed E-state index contributed by atoms with van der Waals surface area (Å²) in [7, 11) is 1.66. The highest BCUT2D eigenvalue weighted by Gasteiger charge is 2.08. The number of hydrogen-bond donors (Lipinski definition) is 1. The third-order valence-corrected chi connectivity index (χ3v) is 4.69. The van der Waals surface area contributed by atoms with Crippen molar-refractivity contribution in [2.24, 2.45) is 0 Å². The van der Waals surface area contributed by atoms with E-state index in [1.165, 1.54) is 22.8 Å². The van der Waals surface area contributed by atoms with Gasteiger partial charge in [0.25, 0.3) is 0 Å².